The molecule has 0 radical (unpaired) electrons. The molecule has 0 saturated carbocycles. The van der Waals surface area contributed by atoms with E-state index < -0.39 is 5.97 Å². The van der Waals surface area contributed by atoms with Crippen LogP contribution in [0, 0.1) is 5.92 Å². The number of hydrogen-bond acceptors (Lipinski definition) is 4. The Morgan fingerprint density at radius 1 is 1.29 bits per heavy atom. The molecule has 1 rings (SSSR count). The monoisotopic (exact) mass is 299 g/mol. The van der Waals surface area contributed by atoms with Crippen LogP contribution >= 0.6 is 0 Å². The molecule has 0 aromatic rings. The second-order valence-electron chi connectivity index (χ2n) is 5.75. The summed E-state index contributed by atoms with van der Waals surface area (Å²) in [6.07, 6.45) is 2.22. The lowest BCUT2D eigenvalue weighted by Crippen LogP contribution is -2.42. The lowest BCUT2D eigenvalue weighted by Gasteiger charge is -2.21. The largest absolute Gasteiger partial charge is 0.481 e. The van der Waals surface area contributed by atoms with Crippen LogP contribution in [0.5, 0.6) is 0 Å². The van der Waals surface area contributed by atoms with Crippen LogP contribution in [-0.4, -0.2) is 66.5 Å². The number of nitrogens with one attached hydrogen (secondary N) is 1. The number of unbranched alkanes of at least 4 members (excludes halogenated alkanes) is 1. The van der Waals surface area contributed by atoms with Crippen LogP contribution in [0.2, 0.25) is 0 Å². The molecule has 1 heterocycles. The first kappa shape index (κ1) is 17.4. The summed E-state index contributed by atoms with van der Waals surface area (Å²) in [6.45, 7) is 2.66. The summed E-state index contributed by atoms with van der Waals surface area (Å²) < 4.78 is 0. The minimum absolute atomic E-state index is 0.0519. The van der Waals surface area contributed by atoms with Crippen molar-refractivity contribution >= 4 is 17.9 Å². The van der Waals surface area contributed by atoms with Crippen molar-refractivity contribution in [3.05, 3.63) is 0 Å². The second kappa shape index (κ2) is 8.61. The molecule has 2 N–H and O–H groups in total. The number of carbonyl (C=O) groups excluding carboxylic acids is 2. The third-order valence-corrected chi connectivity index (χ3v) is 3.66. The number of aliphatic carboxylic acids is 1. The molecule has 3 amide bonds. The zero-order chi connectivity index (χ0) is 15.8. The summed E-state index contributed by atoms with van der Waals surface area (Å²) >= 11 is 0. The lowest BCUT2D eigenvalue weighted by molar-refractivity contribution is -0.137. The number of amides is 3. The van der Waals surface area contributed by atoms with Gasteiger partial charge in [0.05, 0.1) is 0 Å². The van der Waals surface area contributed by atoms with Gasteiger partial charge in [0.1, 0.15) is 0 Å². The number of hydrogen-bond donors (Lipinski definition) is 2. The standard InChI is InChI=1S/C14H25N3O4/c1-16-8-7-11(9-16)10-17(2)14(21)15-12(18)5-3-4-6-13(19)20/h11H,3-10H2,1-2H3,(H,19,20)(H,15,18,21). The maximum Gasteiger partial charge on any atom is 0.323 e. The molecule has 120 valence electrons. The van der Waals surface area contributed by atoms with Gasteiger partial charge in [-0.05, 0) is 38.8 Å². The van der Waals surface area contributed by atoms with Crippen molar-refractivity contribution < 1.29 is 19.5 Å². The number of carboxylic acid groups (broad SMARTS) is 1. The fourth-order valence-electron chi connectivity index (χ4n) is 2.48. The molecule has 7 heteroatoms. The van der Waals surface area contributed by atoms with E-state index in [4.69, 9.17) is 5.11 Å². The fourth-order valence-corrected chi connectivity index (χ4v) is 2.48. The number of likely N-dealkylation sites (tertiary alicyclic amines) is 1. The van der Waals surface area contributed by atoms with Gasteiger partial charge in [-0.3, -0.25) is 14.9 Å². The molecule has 7 nitrogen and oxygen atoms in total. The van der Waals surface area contributed by atoms with Gasteiger partial charge in [-0.1, -0.05) is 0 Å². The molecule has 1 aliphatic rings. The zero-order valence-electron chi connectivity index (χ0n) is 12.8. The van der Waals surface area contributed by atoms with Crippen molar-refractivity contribution in [1.82, 2.24) is 15.1 Å². The number of carboxylic acids is 1. The first-order chi connectivity index (χ1) is 9.88. The van der Waals surface area contributed by atoms with Gasteiger partial charge in [-0.25, -0.2) is 4.79 Å². The van der Waals surface area contributed by atoms with Crippen LogP contribution in [0.4, 0.5) is 4.79 Å². The molecule has 0 spiro atoms. The molecule has 1 unspecified atom stereocenters. The summed E-state index contributed by atoms with van der Waals surface area (Å²) in [5.41, 5.74) is 0. The van der Waals surface area contributed by atoms with Gasteiger partial charge in [0.2, 0.25) is 5.91 Å². The predicted molar refractivity (Wildman–Crippen MR) is 77.9 cm³/mol. The van der Waals surface area contributed by atoms with Gasteiger partial charge in [-0.2, -0.15) is 0 Å². The predicted octanol–water partition coefficient (Wildman–Crippen LogP) is 0.751. The Morgan fingerprint density at radius 3 is 2.52 bits per heavy atom. The van der Waals surface area contributed by atoms with Gasteiger partial charge in [0.15, 0.2) is 0 Å². The van der Waals surface area contributed by atoms with Gasteiger partial charge in [-0.15, -0.1) is 0 Å². The summed E-state index contributed by atoms with van der Waals surface area (Å²) in [6, 6.07) is -0.382. The second-order valence-corrected chi connectivity index (χ2v) is 5.75. The summed E-state index contributed by atoms with van der Waals surface area (Å²) in [5, 5.41) is 10.8. The maximum atomic E-state index is 11.8. The first-order valence-electron chi connectivity index (χ1n) is 7.33. The van der Waals surface area contributed by atoms with Crippen LogP contribution in [0.15, 0.2) is 0 Å². The number of imide groups is 1. The maximum absolute atomic E-state index is 11.8. The van der Waals surface area contributed by atoms with E-state index in [1.54, 1.807) is 11.9 Å². The zero-order valence-corrected chi connectivity index (χ0v) is 12.8. The summed E-state index contributed by atoms with van der Waals surface area (Å²) in [4.78, 5) is 37.5. The van der Waals surface area contributed by atoms with Crippen molar-refractivity contribution in [1.29, 1.82) is 0 Å². The van der Waals surface area contributed by atoms with Crippen LogP contribution in [0.25, 0.3) is 0 Å². The summed E-state index contributed by atoms with van der Waals surface area (Å²) in [7, 11) is 3.74. The summed E-state index contributed by atoms with van der Waals surface area (Å²) in [5.74, 6) is -0.759. The van der Waals surface area contributed by atoms with Gasteiger partial charge < -0.3 is 14.9 Å². The quantitative estimate of drug-likeness (QED) is 0.677. The van der Waals surface area contributed by atoms with Crippen molar-refractivity contribution in [3.8, 4) is 0 Å². The van der Waals surface area contributed by atoms with Crippen molar-refractivity contribution in [2.24, 2.45) is 5.92 Å². The minimum atomic E-state index is -0.868. The number of carbonyl (C=O) groups is 3. The third kappa shape index (κ3) is 7.08. The van der Waals surface area contributed by atoms with E-state index >= 15 is 0 Å². The van der Waals surface area contributed by atoms with Gasteiger partial charge in [0.25, 0.3) is 0 Å². The number of rotatable bonds is 7. The van der Waals surface area contributed by atoms with E-state index in [1.807, 2.05) is 0 Å². The molecule has 0 bridgehead atoms. The van der Waals surface area contributed by atoms with Crippen molar-refractivity contribution in [3.63, 3.8) is 0 Å². The molecule has 1 saturated heterocycles. The molecular weight excluding hydrogens is 274 g/mol. The third-order valence-electron chi connectivity index (χ3n) is 3.66. The number of urea groups is 1. The van der Waals surface area contributed by atoms with Crippen molar-refractivity contribution in [2.75, 3.05) is 33.7 Å². The molecular formula is C14H25N3O4. The minimum Gasteiger partial charge on any atom is -0.481 e. The van der Waals surface area contributed by atoms with Crippen LogP contribution in [-0.2, 0) is 9.59 Å². The molecule has 1 aliphatic heterocycles. The topological polar surface area (TPSA) is 90.0 Å². The van der Waals surface area contributed by atoms with E-state index in [0.717, 1.165) is 19.5 Å². The molecule has 1 atom stereocenters. The molecule has 0 aromatic carbocycles. The van der Waals surface area contributed by atoms with Gasteiger partial charge >= 0.3 is 12.0 Å². The SMILES string of the molecule is CN1CCC(CN(C)C(=O)NC(=O)CCCCC(=O)O)C1. The van der Waals surface area contributed by atoms with E-state index in [0.29, 0.717) is 25.3 Å². The highest BCUT2D eigenvalue weighted by Gasteiger charge is 2.23. The molecule has 21 heavy (non-hydrogen) atoms. The smallest absolute Gasteiger partial charge is 0.323 e. The Bertz CT molecular complexity index is 386. The Balaban J connectivity index is 2.18. The normalized spacial score (nSPS) is 18.5. The Morgan fingerprint density at radius 2 is 1.95 bits per heavy atom. The van der Waals surface area contributed by atoms with Crippen LogP contribution in [0.1, 0.15) is 32.1 Å². The lowest BCUT2D eigenvalue weighted by atomic mass is 10.1. The molecule has 0 aliphatic carbocycles. The molecule has 0 aromatic heterocycles. The Hall–Kier alpha value is -1.63. The van der Waals surface area contributed by atoms with E-state index in [-0.39, 0.29) is 24.8 Å². The Labute approximate surface area is 125 Å². The van der Waals surface area contributed by atoms with Gasteiger partial charge in [0, 0.05) is 33.0 Å². The van der Waals surface area contributed by atoms with E-state index in [2.05, 4.69) is 17.3 Å². The van der Waals surface area contributed by atoms with Crippen molar-refractivity contribution in [2.45, 2.75) is 32.1 Å². The van der Waals surface area contributed by atoms with E-state index in [9.17, 15) is 14.4 Å². The Kier molecular flexibility index (Phi) is 7.14. The molecule has 1 fully saturated rings. The van der Waals surface area contributed by atoms with E-state index in [1.165, 1.54) is 0 Å². The highest BCUT2D eigenvalue weighted by molar-refractivity contribution is 5.94. The van der Waals surface area contributed by atoms with Crippen LogP contribution in [0.3, 0.4) is 0 Å². The first-order valence-corrected chi connectivity index (χ1v) is 7.33. The average Bonchev–Trinajstić information content (AvgIpc) is 2.79. The number of nitrogens with zero attached hydrogens (tertiary/aromatic N) is 2. The van der Waals surface area contributed by atoms with Crippen LogP contribution < -0.4 is 5.32 Å². The highest BCUT2D eigenvalue weighted by Crippen LogP contribution is 2.15. The highest BCUT2D eigenvalue weighted by atomic mass is 16.4. The average molecular weight is 299 g/mol. The fraction of sp³-hybridized carbons (Fsp3) is 0.786.